The van der Waals surface area contributed by atoms with Crippen LogP contribution >= 0.6 is 0 Å². The van der Waals surface area contributed by atoms with Crippen LogP contribution in [-0.2, 0) is 13.0 Å². The van der Waals surface area contributed by atoms with Crippen molar-refractivity contribution in [3.63, 3.8) is 0 Å². The number of fused-ring (bicyclic) bond motifs is 1. The smallest absolute Gasteiger partial charge is 0.221 e. The predicted octanol–water partition coefficient (Wildman–Crippen LogP) is 2.48. The molecule has 0 radical (unpaired) electrons. The first-order chi connectivity index (χ1) is 9.29. The fourth-order valence-corrected chi connectivity index (χ4v) is 2.43. The summed E-state index contributed by atoms with van der Waals surface area (Å²) in [5, 5.41) is 4.19. The lowest BCUT2D eigenvalue weighted by atomic mass is 10.1. The predicted molar refractivity (Wildman–Crippen MR) is 71.4 cm³/mol. The lowest BCUT2D eigenvalue weighted by Gasteiger charge is -2.11. The van der Waals surface area contributed by atoms with Gasteiger partial charge in [0.15, 0.2) is 6.10 Å². The molecule has 1 aromatic heterocycles. The van der Waals surface area contributed by atoms with Crippen molar-refractivity contribution in [2.75, 3.05) is 0 Å². The number of aryl methyl sites for hydroxylation is 1. The van der Waals surface area contributed by atoms with E-state index in [1.54, 1.807) is 16.9 Å². The molecule has 1 atom stereocenters. The monoisotopic (exact) mass is 256 g/mol. The Morgan fingerprint density at radius 2 is 2.26 bits per heavy atom. The van der Waals surface area contributed by atoms with Crippen LogP contribution in [0.4, 0.5) is 0 Å². The van der Waals surface area contributed by atoms with Crippen LogP contribution in [0, 0.1) is 0 Å². The van der Waals surface area contributed by atoms with E-state index < -0.39 is 6.10 Å². The first-order valence-corrected chi connectivity index (χ1v) is 6.60. The first kappa shape index (κ1) is 12.0. The van der Waals surface area contributed by atoms with E-state index in [9.17, 15) is 4.79 Å². The largest absolute Gasteiger partial charge is 0.482 e. The number of rotatable bonds is 4. The van der Waals surface area contributed by atoms with E-state index in [0.29, 0.717) is 12.1 Å². The van der Waals surface area contributed by atoms with Crippen LogP contribution in [-0.4, -0.2) is 21.7 Å². The zero-order chi connectivity index (χ0) is 13.2. The van der Waals surface area contributed by atoms with Crippen molar-refractivity contribution in [3.05, 3.63) is 47.8 Å². The van der Waals surface area contributed by atoms with Gasteiger partial charge in [0.2, 0.25) is 5.78 Å². The van der Waals surface area contributed by atoms with Crippen LogP contribution in [0.1, 0.15) is 29.4 Å². The number of hydrogen-bond donors (Lipinski definition) is 0. The molecule has 1 aromatic carbocycles. The van der Waals surface area contributed by atoms with Crippen molar-refractivity contribution in [3.8, 4) is 5.75 Å². The second-order valence-corrected chi connectivity index (χ2v) is 4.72. The standard InChI is InChI=1S/C15H16N2O2/c1-2-9-17-12(7-8-16-17)15(18)14-10-11-5-3-4-6-13(11)19-14/h3-8,14H,2,9-10H2,1H3. The molecule has 0 bridgehead atoms. The maximum absolute atomic E-state index is 12.5. The minimum absolute atomic E-state index is 0.0159. The van der Waals surface area contributed by atoms with Crippen molar-refractivity contribution in [1.82, 2.24) is 9.78 Å². The van der Waals surface area contributed by atoms with Gasteiger partial charge in [-0.3, -0.25) is 9.48 Å². The third kappa shape index (κ3) is 2.14. The molecule has 0 saturated carbocycles. The highest BCUT2D eigenvalue weighted by molar-refractivity contribution is 5.98. The highest BCUT2D eigenvalue weighted by Crippen LogP contribution is 2.29. The van der Waals surface area contributed by atoms with Crippen LogP contribution in [0.5, 0.6) is 5.75 Å². The summed E-state index contributed by atoms with van der Waals surface area (Å²) in [6, 6.07) is 9.58. The number of nitrogens with zero attached hydrogens (tertiary/aromatic N) is 2. The van der Waals surface area contributed by atoms with Crippen LogP contribution in [0.3, 0.4) is 0 Å². The van der Waals surface area contributed by atoms with Crippen LogP contribution in [0.15, 0.2) is 36.5 Å². The number of benzene rings is 1. The zero-order valence-corrected chi connectivity index (χ0v) is 10.9. The molecule has 3 rings (SSSR count). The molecule has 1 aliphatic heterocycles. The molecule has 0 spiro atoms. The number of hydrogen-bond acceptors (Lipinski definition) is 3. The fourth-order valence-electron chi connectivity index (χ4n) is 2.43. The molecule has 1 aliphatic rings. The summed E-state index contributed by atoms with van der Waals surface area (Å²) < 4.78 is 7.49. The van der Waals surface area contributed by atoms with Crippen LogP contribution in [0.2, 0.25) is 0 Å². The average molecular weight is 256 g/mol. The topological polar surface area (TPSA) is 44.1 Å². The number of Topliss-reactive ketones (excluding diaryl/α,β-unsaturated/α-hetero) is 1. The molecular formula is C15H16N2O2. The van der Waals surface area contributed by atoms with Gasteiger partial charge in [0.05, 0.1) is 0 Å². The Kier molecular flexibility index (Phi) is 3.07. The van der Waals surface area contributed by atoms with Gasteiger partial charge >= 0.3 is 0 Å². The molecule has 4 nitrogen and oxygen atoms in total. The van der Waals surface area contributed by atoms with E-state index in [-0.39, 0.29) is 5.78 Å². The second-order valence-electron chi connectivity index (χ2n) is 4.72. The lowest BCUT2D eigenvalue weighted by molar-refractivity contribution is 0.0813. The Bertz CT molecular complexity index is 579. The molecule has 2 aromatic rings. The molecule has 0 saturated heterocycles. The van der Waals surface area contributed by atoms with Crippen LogP contribution < -0.4 is 4.74 Å². The number of carbonyl (C=O) groups is 1. The summed E-state index contributed by atoms with van der Waals surface area (Å²) in [6.45, 7) is 2.82. The molecular weight excluding hydrogens is 240 g/mol. The zero-order valence-electron chi connectivity index (χ0n) is 10.9. The molecule has 98 valence electrons. The Balaban J connectivity index is 1.81. The van der Waals surface area contributed by atoms with Crippen molar-refractivity contribution >= 4 is 5.78 Å². The molecule has 0 amide bonds. The van der Waals surface area contributed by atoms with Gasteiger partial charge in [-0.2, -0.15) is 5.10 Å². The third-order valence-electron chi connectivity index (χ3n) is 3.34. The number of carbonyl (C=O) groups excluding carboxylic acids is 1. The number of ketones is 1. The SMILES string of the molecule is CCCn1nccc1C(=O)C1Cc2ccccc2O1. The highest BCUT2D eigenvalue weighted by atomic mass is 16.5. The Morgan fingerprint density at radius 1 is 1.42 bits per heavy atom. The van der Waals surface area contributed by atoms with E-state index >= 15 is 0 Å². The Morgan fingerprint density at radius 3 is 3.05 bits per heavy atom. The summed E-state index contributed by atoms with van der Waals surface area (Å²) >= 11 is 0. The summed E-state index contributed by atoms with van der Waals surface area (Å²) in [6.07, 6.45) is 2.86. The van der Waals surface area contributed by atoms with Gasteiger partial charge in [-0.05, 0) is 24.1 Å². The van der Waals surface area contributed by atoms with E-state index in [2.05, 4.69) is 12.0 Å². The summed E-state index contributed by atoms with van der Waals surface area (Å²) in [5.74, 6) is 0.838. The average Bonchev–Trinajstić information content (AvgIpc) is 3.04. The fraction of sp³-hybridized carbons (Fsp3) is 0.333. The second kappa shape index (κ2) is 4.88. The molecule has 4 heteroatoms. The number of ether oxygens (including phenoxy) is 1. The number of para-hydroxylation sites is 1. The van der Waals surface area contributed by atoms with Gasteiger partial charge in [-0.25, -0.2) is 0 Å². The molecule has 0 aliphatic carbocycles. The van der Waals surface area contributed by atoms with Gasteiger partial charge in [0.1, 0.15) is 11.4 Å². The van der Waals surface area contributed by atoms with E-state index in [4.69, 9.17) is 4.74 Å². The quantitative estimate of drug-likeness (QED) is 0.789. The van der Waals surface area contributed by atoms with Gasteiger partial charge in [0, 0.05) is 19.2 Å². The normalized spacial score (nSPS) is 17.0. The summed E-state index contributed by atoms with van der Waals surface area (Å²) in [4.78, 5) is 12.5. The lowest BCUT2D eigenvalue weighted by Crippen LogP contribution is -2.27. The summed E-state index contributed by atoms with van der Waals surface area (Å²) in [7, 11) is 0. The molecule has 19 heavy (non-hydrogen) atoms. The minimum atomic E-state index is -0.412. The van der Waals surface area contributed by atoms with E-state index in [0.717, 1.165) is 24.3 Å². The van der Waals surface area contributed by atoms with E-state index in [1.165, 1.54) is 0 Å². The summed E-state index contributed by atoms with van der Waals surface area (Å²) in [5.41, 5.74) is 1.74. The maximum Gasteiger partial charge on any atom is 0.221 e. The van der Waals surface area contributed by atoms with Crippen LogP contribution in [0.25, 0.3) is 0 Å². The molecule has 0 N–H and O–H groups in total. The van der Waals surface area contributed by atoms with E-state index in [1.807, 2.05) is 24.3 Å². The third-order valence-corrected chi connectivity index (χ3v) is 3.34. The number of aromatic nitrogens is 2. The van der Waals surface area contributed by atoms with Crippen molar-refractivity contribution in [2.45, 2.75) is 32.4 Å². The van der Waals surface area contributed by atoms with Crippen molar-refractivity contribution < 1.29 is 9.53 Å². The van der Waals surface area contributed by atoms with Gasteiger partial charge in [0.25, 0.3) is 0 Å². The van der Waals surface area contributed by atoms with Crippen molar-refractivity contribution in [1.29, 1.82) is 0 Å². The van der Waals surface area contributed by atoms with Crippen molar-refractivity contribution in [2.24, 2.45) is 0 Å². The first-order valence-electron chi connectivity index (χ1n) is 6.60. The maximum atomic E-state index is 12.5. The molecule has 2 heterocycles. The molecule has 1 unspecified atom stereocenters. The highest BCUT2D eigenvalue weighted by Gasteiger charge is 2.31. The minimum Gasteiger partial charge on any atom is -0.482 e. The van der Waals surface area contributed by atoms with Gasteiger partial charge in [-0.1, -0.05) is 25.1 Å². The van der Waals surface area contributed by atoms with Gasteiger partial charge in [-0.15, -0.1) is 0 Å². The van der Waals surface area contributed by atoms with Gasteiger partial charge < -0.3 is 4.74 Å². The molecule has 0 fully saturated rings. The Hall–Kier alpha value is -2.10. The Labute approximate surface area is 112 Å².